The van der Waals surface area contributed by atoms with Gasteiger partial charge < -0.3 is 4.74 Å². The van der Waals surface area contributed by atoms with Crippen LogP contribution in [0.1, 0.15) is 38.7 Å². The van der Waals surface area contributed by atoms with Crippen molar-refractivity contribution in [3.63, 3.8) is 0 Å². The quantitative estimate of drug-likeness (QED) is 0.666. The van der Waals surface area contributed by atoms with Gasteiger partial charge in [0.1, 0.15) is 5.75 Å². The van der Waals surface area contributed by atoms with Crippen LogP contribution >= 0.6 is 15.9 Å². The van der Waals surface area contributed by atoms with E-state index < -0.39 is 0 Å². The minimum atomic E-state index is 0.657. The summed E-state index contributed by atoms with van der Waals surface area (Å²) in [5.41, 5.74) is 1.39. The summed E-state index contributed by atoms with van der Waals surface area (Å²) >= 11 is 3.71. The van der Waals surface area contributed by atoms with Crippen molar-refractivity contribution >= 4 is 15.9 Å². The molecule has 1 nitrogen and oxygen atoms in total. The van der Waals surface area contributed by atoms with Gasteiger partial charge in [-0.1, -0.05) is 41.4 Å². The molecule has 1 unspecified atom stereocenters. The maximum Gasteiger partial charge on any atom is 0.119 e. The van der Waals surface area contributed by atoms with E-state index in [0.29, 0.717) is 4.83 Å². The third-order valence-electron chi connectivity index (χ3n) is 2.58. The molecule has 2 heteroatoms. The van der Waals surface area contributed by atoms with Crippen LogP contribution in [-0.4, -0.2) is 11.4 Å². The molecule has 0 radical (unpaired) electrons. The lowest BCUT2D eigenvalue weighted by molar-refractivity contribution is 0.340. The molecule has 0 N–H and O–H groups in total. The van der Waals surface area contributed by atoms with Crippen LogP contribution < -0.4 is 4.74 Å². The minimum Gasteiger partial charge on any atom is -0.494 e. The lowest BCUT2D eigenvalue weighted by Crippen LogP contribution is -1.99. The van der Waals surface area contributed by atoms with E-state index in [2.05, 4.69) is 47.1 Å². The van der Waals surface area contributed by atoms with Crippen LogP contribution in [0.3, 0.4) is 0 Å². The van der Waals surface area contributed by atoms with Gasteiger partial charge >= 0.3 is 0 Å². The summed E-state index contributed by atoms with van der Waals surface area (Å²) in [6.45, 7) is 4.97. The van der Waals surface area contributed by atoms with Crippen molar-refractivity contribution in [1.82, 2.24) is 0 Å². The predicted molar refractivity (Wildman–Crippen MR) is 73.6 cm³/mol. The zero-order valence-corrected chi connectivity index (χ0v) is 11.8. The molecular formula is C14H21BrO. The normalized spacial score (nSPS) is 12.4. The van der Waals surface area contributed by atoms with Crippen LogP contribution in [0, 0.1) is 0 Å². The highest BCUT2D eigenvalue weighted by Crippen LogP contribution is 2.18. The summed E-state index contributed by atoms with van der Waals surface area (Å²) in [7, 11) is 0. The molecule has 1 rings (SSSR count). The highest BCUT2D eigenvalue weighted by atomic mass is 79.9. The molecule has 90 valence electrons. The van der Waals surface area contributed by atoms with Gasteiger partial charge in [-0.15, -0.1) is 0 Å². The molecule has 0 spiro atoms. The third kappa shape index (κ3) is 5.02. The Kier molecular flexibility index (Phi) is 6.55. The maximum atomic E-state index is 5.42. The van der Waals surface area contributed by atoms with Gasteiger partial charge in [0.05, 0.1) is 6.61 Å². The summed E-state index contributed by atoms with van der Waals surface area (Å²) in [6.07, 6.45) is 4.86. The van der Waals surface area contributed by atoms with E-state index in [9.17, 15) is 0 Å². The highest BCUT2D eigenvalue weighted by molar-refractivity contribution is 9.09. The van der Waals surface area contributed by atoms with Gasteiger partial charge in [-0.05, 0) is 43.9 Å². The zero-order valence-electron chi connectivity index (χ0n) is 10.2. The van der Waals surface area contributed by atoms with E-state index in [0.717, 1.165) is 18.8 Å². The Hall–Kier alpha value is -0.500. The van der Waals surface area contributed by atoms with Crippen LogP contribution in [0.4, 0.5) is 0 Å². The van der Waals surface area contributed by atoms with Crippen molar-refractivity contribution in [3.8, 4) is 5.75 Å². The molecule has 0 aromatic heterocycles. The summed E-state index contributed by atoms with van der Waals surface area (Å²) in [5.74, 6) is 0.968. The Bertz CT molecular complexity index is 281. The lowest BCUT2D eigenvalue weighted by Gasteiger charge is -2.08. The second-order valence-electron chi connectivity index (χ2n) is 4.00. The van der Waals surface area contributed by atoms with Gasteiger partial charge in [0, 0.05) is 4.83 Å². The van der Waals surface area contributed by atoms with Crippen LogP contribution in [0.2, 0.25) is 0 Å². The number of hydrogen-bond acceptors (Lipinski definition) is 1. The molecular weight excluding hydrogens is 264 g/mol. The summed E-state index contributed by atoms with van der Waals surface area (Å²) in [4.78, 5) is 0.657. The first-order valence-corrected chi connectivity index (χ1v) is 7.03. The fraction of sp³-hybridized carbons (Fsp3) is 0.571. The Labute approximate surface area is 107 Å². The minimum absolute atomic E-state index is 0.657. The second kappa shape index (κ2) is 7.72. The predicted octanol–water partition coefficient (Wildman–Crippen LogP) is 4.58. The number of rotatable bonds is 7. The van der Waals surface area contributed by atoms with Crippen LogP contribution in [-0.2, 0) is 6.42 Å². The molecule has 0 aliphatic carbocycles. The van der Waals surface area contributed by atoms with E-state index in [1.807, 2.05) is 6.92 Å². The fourth-order valence-corrected chi connectivity index (χ4v) is 2.39. The fourth-order valence-electron chi connectivity index (χ4n) is 1.70. The summed E-state index contributed by atoms with van der Waals surface area (Å²) in [5, 5.41) is 0. The molecule has 0 aliphatic heterocycles. The molecule has 0 fully saturated rings. The van der Waals surface area contributed by atoms with Crippen molar-refractivity contribution in [2.45, 2.75) is 44.4 Å². The molecule has 1 atom stereocenters. The van der Waals surface area contributed by atoms with Crippen LogP contribution in [0.25, 0.3) is 0 Å². The van der Waals surface area contributed by atoms with Gasteiger partial charge in [0.25, 0.3) is 0 Å². The van der Waals surface area contributed by atoms with E-state index in [1.54, 1.807) is 0 Å². The average molecular weight is 285 g/mol. The van der Waals surface area contributed by atoms with Gasteiger partial charge in [-0.3, -0.25) is 0 Å². The molecule has 0 heterocycles. The summed E-state index contributed by atoms with van der Waals surface area (Å²) < 4.78 is 5.42. The number of alkyl halides is 1. The largest absolute Gasteiger partial charge is 0.494 e. The smallest absolute Gasteiger partial charge is 0.119 e. The molecule has 0 saturated heterocycles. The number of benzene rings is 1. The van der Waals surface area contributed by atoms with E-state index in [-0.39, 0.29) is 0 Å². The highest BCUT2D eigenvalue weighted by Gasteiger charge is 2.03. The van der Waals surface area contributed by atoms with Crippen molar-refractivity contribution < 1.29 is 4.74 Å². The molecule has 0 aliphatic rings. The average Bonchev–Trinajstić information content (AvgIpc) is 2.29. The van der Waals surface area contributed by atoms with E-state index >= 15 is 0 Å². The van der Waals surface area contributed by atoms with E-state index in [1.165, 1.54) is 24.8 Å². The van der Waals surface area contributed by atoms with Gasteiger partial charge in [0.2, 0.25) is 0 Å². The van der Waals surface area contributed by atoms with Crippen LogP contribution in [0.5, 0.6) is 5.75 Å². The maximum absolute atomic E-state index is 5.42. The van der Waals surface area contributed by atoms with Crippen molar-refractivity contribution in [3.05, 3.63) is 29.8 Å². The Morgan fingerprint density at radius 2 is 1.81 bits per heavy atom. The lowest BCUT2D eigenvalue weighted by atomic mass is 10.1. The Morgan fingerprint density at radius 3 is 2.38 bits per heavy atom. The topological polar surface area (TPSA) is 9.23 Å². The first-order chi connectivity index (χ1) is 7.76. The summed E-state index contributed by atoms with van der Waals surface area (Å²) in [6, 6.07) is 8.44. The van der Waals surface area contributed by atoms with E-state index in [4.69, 9.17) is 4.74 Å². The first kappa shape index (κ1) is 13.6. The standard InChI is InChI=1S/C14H21BrO/c1-3-5-13(15)9-6-12-7-10-14(11-8-12)16-4-2/h7-8,10-11,13H,3-6,9H2,1-2H3. The molecule has 16 heavy (non-hydrogen) atoms. The third-order valence-corrected chi connectivity index (χ3v) is 3.50. The molecule has 1 aromatic rings. The number of aryl methyl sites for hydroxylation is 1. The number of halogens is 1. The molecule has 0 bridgehead atoms. The number of ether oxygens (including phenoxy) is 1. The SMILES string of the molecule is CCCC(Br)CCc1ccc(OCC)cc1. The molecule has 1 aromatic carbocycles. The van der Waals surface area contributed by atoms with Gasteiger partial charge in [-0.25, -0.2) is 0 Å². The number of hydrogen-bond donors (Lipinski definition) is 0. The second-order valence-corrected chi connectivity index (χ2v) is 5.30. The molecule has 0 saturated carbocycles. The Morgan fingerprint density at radius 1 is 1.12 bits per heavy atom. The monoisotopic (exact) mass is 284 g/mol. The Balaban J connectivity index is 2.37. The van der Waals surface area contributed by atoms with Gasteiger partial charge in [0.15, 0.2) is 0 Å². The zero-order chi connectivity index (χ0) is 11.8. The first-order valence-electron chi connectivity index (χ1n) is 6.12. The van der Waals surface area contributed by atoms with Crippen molar-refractivity contribution in [2.75, 3.05) is 6.61 Å². The van der Waals surface area contributed by atoms with Gasteiger partial charge in [-0.2, -0.15) is 0 Å². The molecule has 0 amide bonds. The van der Waals surface area contributed by atoms with Crippen LogP contribution in [0.15, 0.2) is 24.3 Å². The van der Waals surface area contributed by atoms with Crippen molar-refractivity contribution in [1.29, 1.82) is 0 Å². The van der Waals surface area contributed by atoms with Crippen molar-refractivity contribution in [2.24, 2.45) is 0 Å².